The van der Waals surface area contributed by atoms with Gasteiger partial charge in [-0.2, -0.15) is 0 Å². The van der Waals surface area contributed by atoms with Crippen LogP contribution in [0.2, 0.25) is 0 Å². The molecular formula is C14H15BrN2O2. The minimum atomic E-state index is -0.127. The first kappa shape index (κ1) is 12.8. The van der Waals surface area contributed by atoms with Crippen LogP contribution in [-0.4, -0.2) is 29.1 Å². The molecule has 0 N–H and O–H groups in total. The quantitative estimate of drug-likeness (QED) is 0.816. The fraction of sp³-hybridized carbons (Fsp3) is 0.429. The van der Waals surface area contributed by atoms with Crippen LogP contribution in [0.25, 0.3) is 11.0 Å². The Kier molecular flexibility index (Phi) is 3.66. The largest absolute Gasteiger partial charge is 0.381 e. The van der Waals surface area contributed by atoms with Gasteiger partial charge >= 0.3 is 0 Å². The van der Waals surface area contributed by atoms with Crippen LogP contribution >= 0.6 is 15.9 Å². The predicted molar refractivity (Wildman–Crippen MR) is 76.1 cm³/mol. The molecule has 1 unspecified atom stereocenters. The second-order valence-electron chi connectivity index (χ2n) is 4.86. The molecule has 0 aliphatic carbocycles. The van der Waals surface area contributed by atoms with Crippen molar-refractivity contribution in [2.45, 2.75) is 18.9 Å². The van der Waals surface area contributed by atoms with Gasteiger partial charge in [-0.25, -0.2) is 0 Å². The molecule has 1 atom stereocenters. The summed E-state index contributed by atoms with van der Waals surface area (Å²) >= 11 is 3.43. The van der Waals surface area contributed by atoms with Crippen molar-refractivity contribution < 1.29 is 9.53 Å². The van der Waals surface area contributed by atoms with E-state index >= 15 is 0 Å². The molecule has 0 saturated carbocycles. The molecule has 0 amide bonds. The van der Waals surface area contributed by atoms with Crippen molar-refractivity contribution in [3.05, 3.63) is 29.0 Å². The van der Waals surface area contributed by atoms with E-state index in [0.717, 1.165) is 47.8 Å². The van der Waals surface area contributed by atoms with Gasteiger partial charge in [-0.05, 0) is 46.8 Å². The molecule has 0 bridgehead atoms. The van der Waals surface area contributed by atoms with E-state index in [1.807, 2.05) is 22.9 Å². The van der Waals surface area contributed by atoms with Crippen LogP contribution in [0, 0.1) is 5.92 Å². The van der Waals surface area contributed by atoms with Crippen molar-refractivity contribution in [3.63, 3.8) is 0 Å². The first-order chi connectivity index (χ1) is 9.29. The van der Waals surface area contributed by atoms with E-state index in [9.17, 15) is 4.79 Å². The van der Waals surface area contributed by atoms with Crippen molar-refractivity contribution >= 4 is 33.2 Å². The summed E-state index contributed by atoms with van der Waals surface area (Å²) < 4.78 is 8.34. The molecule has 0 spiro atoms. The Bertz CT molecular complexity index is 590. The zero-order valence-electron chi connectivity index (χ0n) is 10.5. The summed E-state index contributed by atoms with van der Waals surface area (Å²) in [4.78, 5) is 15.9. The normalized spacial score (nSPS) is 18.6. The summed E-state index contributed by atoms with van der Waals surface area (Å²) in [6.45, 7) is 1.49. The van der Waals surface area contributed by atoms with E-state index in [2.05, 4.69) is 20.9 Å². The lowest BCUT2D eigenvalue weighted by molar-refractivity contribution is -0.112. The number of aromatic nitrogens is 2. The fourth-order valence-electron chi connectivity index (χ4n) is 2.73. The van der Waals surface area contributed by atoms with Crippen molar-refractivity contribution in [2.24, 2.45) is 5.92 Å². The van der Waals surface area contributed by atoms with E-state index < -0.39 is 0 Å². The molecule has 19 heavy (non-hydrogen) atoms. The van der Waals surface area contributed by atoms with Crippen molar-refractivity contribution in [2.75, 3.05) is 13.2 Å². The maximum absolute atomic E-state index is 11.5. The van der Waals surface area contributed by atoms with E-state index in [0.29, 0.717) is 5.92 Å². The van der Waals surface area contributed by atoms with E-state index in [1.165, 1.54) is 0 Å². The zero-order valence-corrected chi connectivity index (χ0v) is 12.0. The molecule has 4 nitrogen and oxygen atoms in total. The average molecular weight is 323 g/mol. The maximum Gasteiger partial charge on any atom is 0.143 e. The molecule has 0 aromatic carbocycles. The van der Waals surface area contributed by atoms with Gasteiger partial charge in [0.25, 0.3) is 0 Å². The Balaban J connectivity index is 2.00. The van der Waals surface area contributed by atoms with Gasteiger partial charge < -0.3 is 14.1 Å². The SMILES string of the molecule is O=CC(C1CCOCC1)n1ccc2ncc(Br)cc21. The van der Waals surface area contributed by atoms with Crippen molar-refractivity contribution in [3.8, 4) is 0 Å². The van der Waals surface area contributed by atoms with Crippen LogP contribution in [0.4, 0.5) is 0 Å². The summed E-state index contributed by atoms with van der Waals surface area (Å²) in [5.41, 5.74) is 1.92. The standard InChI is InChI=1S/C14H15BrN2O2/c15-11-7-13-12(16-8-11)1-4-17(13)14(9-18)10-2-5-19-6-3-10/h1,4,7-10,14H,2-3,5-6H2. The van der Waals surface area contributed by atoms with Crippen LogP contribution < -0.4 is 0 Å². The molecule has 1 aliphatic heterocycles. The minimum absolute atomic E-state index is 0.127. The zero-order chi connectivity index (χ0) is 13.2. The van der Waals surface area contributed by atoms with Crippen LogP contribution in [0.1, 0.15) is 18.9 Å². The highest BCUT2D eigenvalue weighted by Crippen LogP contribution is 2.30. The van der Waals surface area contributed by atoms with Crippen LogP contribution in [0.5, 0.6) is 0 Å². The molecule has 100 valence electrons. The number of carbonyl (C=O) groups excluding carboxylic acids is 1. The highest BCUT2D eigenvalue weighted by molar-refractivity contribution is 9.10. The third-order valence-corrected chi connectivity index (χ3v) is 4.18. The third-order valence-electron chi connectivity index (χ3n) is 3.74. The Morgan fingerprint density at radius 2 is 2.26 bits per heavy atom. The first-order valence-electron chi connectivity index (χ1n) is 6.45. The predicted octanol–water partition coefficient (Wildman–Crippen LogP) is 2.97. The number of fused-ring (bicyclic) bond motifs is 1. The molecule has 2 aromatic rings. The second-order valence-corrected chi connectivity index (χ2v) is 5.77. The van der Waals surface area contributed by atoms with Gasteiger partial charge in [0.1, 0.15) is 6.29 Å². The lowest BCUT2D eigenvalue weighted by Gasteiger charge is -2.28. The lowest BCUT2D eigenvalue weighted by Crippen LogP contribution is -2.26. The second kappa shape index (κ2) is 5.43. The van der Waals surface area contributed by atoms with Gasteiger partial charge in [0.05, 0.1) is 17.1 Å². The molecule has 5 heteroatoms. The number of nitrogens with zero attached hydrogens (tertiary/aromatic N) is 2. The Labute approximate surface area is 119 Å². The van der Waals surface area contributed by atoms with Crippen molar-refractivity contribution in [1.82, 2.24) is 9.55 Å². The number of ether oxygens (including phenoxy) is 1. The number of carbonyl (C=O) groups is 1. The number of pyridine rings is 1. The summed E-state index contributed by atoms with van der Waals surface area (Å²) in [6.07, 6.45) is 6.65. The van der Waals surface area contributed by atoms with Gasteiger partial charge in [0.15, 0.2) is 0 Å². The van der Waals surface area contributed by atoms with E-state index in [4.69, 9.17) is 4.74 Å². The molecule has 3 heterocycles. The fourth-order valence-corrected chi connectivity index (χ4v) is 3.05. The van der Waals surface area contributed by atoms with Gasteiger partial charge in [0, 0.05) is 30.1 Å². The smallest absolute Gasteiger partial charge is 0.143 e. The highest BCUT2D eigenvalue weighted by Gasteiger charge is 2.25. The Morgan fingerprint density at radius 3 is 3.00 bits per heavy atom. The van der Waals surface area contributed by atoms with Crippen LogP contribution in [0.15, 0.2) is 29.0 Å². The summed E-state index contributed by atoms with van der Waals surface area (Å²) in [5, 5.41) is 0. The van der Waals surface area contributed by atoms with Crippen molar-refractivity contribution in [1.29, 1.82) is 0 Å². The third kappa shape index (κ3) is 2.44. The first-order valence-corrected chi connectivity index (χ1v) is 7.24. The molecule has 3 rings (SSSR count). The molecule has 1 aliphatic rings. The number of rotatable bonds is 3. The minimum Gasteiger partial charge on any atom is -0.381 e. The molecule has 0 radical (unpaired) electrons. The molecule has 1 saturated heterocycles. The number of hydrogen-bond donors (Lipinski definition) is 0. The van der Waals surface area contributed by atoms with Crippen LogP contribution in [-0.2, 0) is 9.53 Å². The Hall–Kier alpha value is -1.20. The van der Waals surface area contributed by atoms with E-state index in [-0.39, 0.29) is 6.04 Å². The topological polar surface area (TPSA) is 44.1 Å². The molecular weight excluding hydrogens is 308 g/mol. The van der Waals surface area contributed by atoms with Crippen LogP contribution in [0.3, 0.4) is 0 Å². The highest BCUT2D eigenvalue weighted by atomic mass is 79.9. The summed E-state index contributed by atoms with van der Waals surface area (Å²) in [7, 11) is 0. The maximum atomic E-state index is 11.5. The number of aldehydes is 1. The van der Waals surface area contributed by atoms with E-state index in [1.54, 1.807) is 6.20 Å². The van der Waals surface area contributed by atoms with Gasteiger partial charge in [0.2, 0.25) is 0 Å². The lowest BCUT2D eigenvalue weighted by atomic mass is 9.92. The van der Waals surface area contributed by atoms with Gasteiger partial charge in [-0.1, -0.05) is 0 Å². The average Bonchev–Trinajstić information content (AvgIpc) is 2.84. The van der Waals surface area contributed by atoms with Gasteiger partial charge in [-0.3, -0.25) is 4.98 Å². The monoisotopic (exact) mass is 322 g/mol. The van der Waals surface area contributed by atoms with Gasteiger partial charge in [-0.15, -0.1) is 0 Å². The molecule has 1 fully saturated rings. The number of hydrogen-bond acceptors (Lipinski definition) is 3. The number of halogens is 1. The summed E-state index contributed by atoms with van der Waals surface area (Å²) in [6, 6.07) is 3.84. The Morgan fingerprint density at radius 1 is 1.47 bits per heavy atom. The summed E-state index contributed by atoms with van der Waals surface area (Å²) in [5.74, 6) is 0.348. The molecule has 2 aromatic heterocycles.